The average Bonchev–Trinajstić information content (AvgIpc) is 3.12. The zero-order valence-corrected chi connectivity index (χ0v) is 17.8. The van der Waals surface area contributed by atoms with Gasteiger partial charge in [0.2, 0.25) is 0 Å². The molecule has 3 heterocycles. The Hall–Kier alpha value is -1.71. The van der Waals surface area contributed by atoms with Crippen molar-refractivity contribution < 1.29 is 4.74 Å². The highest BCUT2D eigenvalue weighted by Crippen LogP contribution is 2.13. The Bertz CT molecular complexity index is 638. The molecule has 1 aromatic heterocycles. The largest absolute Gasteiger partial charge is 0.377 e. The van der Waals surface area contributed by atoms with Crippen LogP contribution in [0.3, 0.4) is 0 Å². The van der Waals surface area contributed by atoms with Crippen LogP contribution in [0.1, 0.15) is 31.9 Å². The second-order valence-electron chi connectivity index (χ2n) is 7.71. The van der Waals surface area contributed by atoms with E-state index in [0.29, 0.717) is 18.7 Å². The number of fused-ring (bicyclic) bond motifs is 1. The number of methoxy groups -OCH3 is 1. The van der Waals surface area contributed by atoms with Crippen LogP contribution in [0.5, 0.6) is 0 Å². The van der Waals surface area contributed by atoms with E-state index in [9.17, 15) is 0 Å². The lowest BCUT2D eigenvalue weighted by molar-refractivity contribution is 0.107. The molecule has 2 N–H and O–H groups in total. The van der Waals surface area contributed by atoms with Gasteiger partial charge in [0.1, 0.15) is 12.4 Å². The summed E-state index contributed by atoms with van der Waals surface area (Å²) < 4.78 is 7.14. The molecule has 9 heteroatoms. The molecule has 2 atom stereocenters. The zero-order valence-electron chi connectivity index (χ0n) is 17.8. The summed E-state index contributed by atoms with van der Waals surface area (Å²) in [4.78, 5) is 14.0. The summed E-state index contributed by atoms with van der Waals surface area (Å²) >= 11 is 0. The lowest BCUT2D eigenvalue weighted by Gasteiger charge is -2.38. The average molecular weight is 393 g/mol. The van der Waals surface area contributed by atoms with E-state index in [2.05, 4.69) is 49.4 Å². The highest BCUT2D eigenvalue weighted by Gasteiger charge is 2.23. The molecular weight excluding hydrogens is 356 g/mol. The zero-order chi connectivity index (χ0) is 19.9. The molecule has 0 amide bonds. The molecule has 0 spiro atoms. The molecule has 2 aliphatic heterocycles. The Kier molecular flexibility index (Phi) is 7.64. The summed E-state index contributed by atoms with van der Waals surface area (Å²) in [5.74, 6) is 2.68. The van der Waals surface area contributed by atoms with Crippen molar-refractivity contribution in [3.63, 3.8) is 0 Å². The first-order valence-corrected chi connectivity index (χ1v) is 10.5. The SMILES string of the molecule is CCN1CCN(C(C)CNC(=NC)NC2CCc3nc(COC)nn3C2)CC1. The van der Waals surface area contributed by atoms with Gasteiger partial charge in [0.05, 0.1) is 6.54 Å². The maximum Gasteiger partial charge on any atom is 0.191 e. The summed E-state index contributed by atoms with van der Waals surface area (Å²) in [6.07, 6.45) is 1.95. The van der Waals surface area contributed by atoms with Crippen LogP contribution >= 0.6 is 0 Å². The van der Waals surface area contributed by atoms with E-state index in [-0.39, 0.29) is 0 Å². The fourth-order valence-electron chi connectivity index (χ4n) is 3.95. The molecule has 2 unspecified atom stereocenters. The van der Waals surface area contributed by atoms with Gasteiger partial charge < -0.3 is 20.3 Å². The van der Waals surface area contributed by atoms with Crippen molar-refractivity contribution in [2.75, 3.05) is 53.4 Å². The third-order valence-corrected chi connectivity index (χ3v) is 5.78. The first kappa shape index (κ1) is 21.0. The maximum absolute atomic E-state index is 5.14. The number of nitrogens with one attached hydrogen (secondary N) is 2. The van der Waals surface area contributed by atoms with Gasteiger partial charge in [0, 0.05) is 65.4 Å². The van der Waals surface area contributed by atoms with E-state index in [4.69, 9.17) is 4.74 Å². The number of aromatic nitrogens is 3. The minimum atomic E-state index is 0.305. The van der Waals surface area contributed by atoms with Crippen molar-refractivity contribution >= 4 is 5.96 Å². The van der Waals surface area contributed by atoms with Crippen molar-refractivity contribution in [2.45, 2.75) is 51.9 Å². The predicted molar refractivity (Wildman–Crippen MR) is 110 cm³/mol. The Labute approximate surface area is 168 Å². The van der Waals surface area contributed by atoms with Gasteiger partial charge in [-0.1, -0.05) is 6.92 Å². The van der Waals surface area contributed by atoms with Gasteiger partial charge in [-0.05, 0) is 19.9 Å². The third-order valence-electron chi connectivity index (χ3n) is 5.78. The monoisotopic (exact) mass is 392 g/mol. The van der Waals surface area contributed by atoms with Crippen molar-refractivity contribution in [3.05, 3.63) is 11.6 Å². The van der Waals surface area contributed by atoms with E-state index in [1.54, 1.807) is 7.11 Å². The summed E-state index contributed by atoms with van der Waals surface area (Å²) in [6, 6.07) is 0.793. The van der Waals surface area contributed by atoms with Crippen molar-refractivity contribution in [2.24, 2.45) is 4.99 Å². The topological polar surface area (TPSA) is 82.8 Å². The van der Waals surface area contributed by atoms with Crippen molar-refractivity contribution in [1.29, 1.82) is 0 Å². The van der Waals surface area contributed by atoms with Crippen LogP contribution in [-0.2, 0) is 24.3 Å². The molecule has 158 valence electrons. The molecule has 9 nitrogen and oxygen atoms in total. The molecule has 0 radical (unpaired) electrons. The van der Waals surface area contributed by atoms with E-state index in [0.717, 1.165) is 63.2 Å². The second-order valence-corrected chi connectivity index (χ2v) is 7.71. The summed E-state index contributed by atoms with van der Waals surface area (Å²) in [6.45, 7) is 12.5. The number of aliphatic imine (C=N–C) groups is 1. The molecule has 1 fully saturated rings. The number of likely N-dealkylation sites (N-methyl/N-ethyl adjacent to an activating group) is 1. The van der Waals surface area contributed by atoms with Crippen LogP contribution in [0.4, 0.5) is 0 Å². The standard InChI is InChI=1S/C19H36N8O/c1-5-25-8-10-26(11-9-25)15(2)12-21-19(20-3)22-16-6-7-18-23-17(14-28-4)24-27(18)13-16/h15-16H,5-14H2,1-4H3,(H2,20,21,22). The molecule has 0 bridgehead atoms. The number of rotatable bonds is 7. The molecule has 28 heavy (non-hydrogen) atoms. The number of aryl methyl sites for hydroxylation is 1. The van der Waals surface area contributed by atoms with Gasteiger partial charge in [-0.25, -0.2) is 9.67 Å². The van der Waals surface area contributed by atoms with Gasteiger partial charge in [0.25, 0.3) is 0 Å². The van der Waals surface area contributed by atoms with Gasteiger partial charge in [0.15, 0.2) is 11.8 Å². The van der Waals surface area contributed by atoms with Crippen LogP contribution < -0.4 is 10.6 Å². The minimum Gasteiger partial charge on any atom is -0.377 e. The molecule has 2 aliphatic rings. The third kappa shape index (κ3) is 5.42. The molecule has 0 saturated carbocycles. The number of guanidine groups is 1. The van der Waals surface area contributed by atoms with Crippen molar-refractivity contribution in [1.82, 2.24) is 35.2 Å². The predicted octanol–water partition coefficient (Wildman–Crippen LogP) is -0.0697. The first-order valence-electron chi connectivity index (χ1n) is 10.5. The normalized spacial score (nSPS) is 22.7. The van der Waals surface area contributed by atoms with Crippen LogP contribution in [0, 0.1) is 0 Å². The van der Waals surface area contributed by atoms with Gasteiger partial charge in [-0.3, -0.25) is 9.89 Å². The lowest BCUT2D eigenvalue weighted by atomic mass is 10.1. The Morgan fingerprint density at radius 2 is 2.11 bits per heavy atom. The molecule has 0 aliphatic carbocycles. The fraction of sp³-hybridized carbons (Fsp3) is 0.842. The van der Waals surface area contributed by atoms with Gasteiger partial charge in [-0.15, -0.1) is 0 Å². The molecule has 1 saturated heterocycles. The molecular formula is C19H36N8O. The van der Waals surface area contributed by atoms with Crippen LogP contribution in [0.15, 0.2) is 4.99 Å². The van der Waals surface area contributed by atoms with Crippen LogP contribution in [0.25, 0.3) is 0 Å². The van der Waals surface area contributed by atoms with Gasteiger partial charge >= 0.3 is 0 Å². The smallest absolute Gasteiger partial charge is 0.191 e. The number of nitrogens with zero attached hydrogens (tertiary/aromatic N) is 6. The van der Waals surface area contributed by atoms with E-state index in [1.807, 2.05) is 11.7 Å². The highest BCUT2D eigenvalue weighted by atomic mass is 16.5. The number of hydrogen-bond acceptors (Lipinski definition) is 6. The fourth-order valence-corrected chi connectivity index (χ4v) is 3.95. The molecule has 3 rings (SSSR count). The number of ether oxygens (including phenoxy) is 1. The van der Waals surface area contributed by atoms with E-state index >= 15 is 0 Å². The highest BCUT2D eigenvalue weighted by molar-refractivity contribution is 5.80. The Morgan fingerprint density at radius 3 is 2.79 bits per heavy atom. The summed E-state index contributed by atoms with van der Waals surface area (Å²) in [5.41, 5.74) is 0. The van der Waals surface area contributed by atoms with E-state index in [1.165, 1.54) is 13.1 Å². The summed E-state index contributed by atoms with van der Waals surface area (Å²) in [5, 5.41) is 11.6. The number of piperazine rings is 1. The Morgan fingerprint density at radius 1 is 1.32 bits per heavy atom. The first-order chi connectivity index (χ1) is 13.6. The summed E-state index contributed by atoms with van der Waals surface area (Å²) in [7, 11) is 3.51. The lowest BCUT2D eigenvalue weighted by Crippen LogP contribution is -2.54. The van der Waals surface area contributed by atoms with Crippen LogP contribution in [-0.4, -0.2) is 96.0 Å². The quantitative estimate of drug-likeness (QED) is 0.496. The maximum atomic E-state index is 5.14. The molecule has 1 aromatic rings. The second kappa shape index (κ2) is 10.2. The van der Waals surface area contributed by atoms with Crippen LogP contribution in [0.2, 0.25) is 0 Å². The molecule has 0 aromatic carbocycles. The van der Waals surface area contributed by atoms with E-state index < -0.39 is 0 Å². The van der Waals surface area contributed by atoms with Crippen molar-refractivity contribution in [3.8, 4) is 0 Å². The minimum absolute atomic E-state index is 0.305. The number of hydrogen-bond donors (Lipinski definition) is 2. The Balaban J connectivity index is 1.44. The van der Waals surface area contributed by atoms with Gasteiger partial charge in [-0.2, -0.15) is 5.10 Å².